The average Bonchev–Trinajstić information content (AvgIpc) is 2.43. The van der Waals surface area contributed by atoms with E-state index < -0.39 is 0 Å². The Morgan fingerprint density at radius 3 is 2.65 bits per heavy atom. The lowest BCUT2D eigenvalue weighted by atomic mass is 10.2. The molecule has 1 heterocycles. The van der Waals surface area contributed by atoms with Gasteiger partial charge >= 0.3 is 0 Å². The van der Waals surface area contributed by atoms with Crippen LogP contribution in [0.25, 0.3) is 0 Å². The van der Waals surface area contributed by atoms with Crippen molar-refractivity contribution in [1.82, 2.24) is 20.4 Å². The minimum Gasteiger partial charge on any atom is -0.353 e. The number of nitrogens with zero attached hydrogens (tertiary/aromatic N) is 2. The van der Waals surface area contributed by atoms with Crippen LogP contribution in [0.1, 0.15) is 25.1 Å². The molecule has 0 aliphatic carbocycles. The smallest absolute Gasteiger partial charge is 0.234 e. The molecule has 0 spiro atoms. The molecule has 17 heavy (non-hydrogen) atoms. The zero-order valence-electron chi connectivity index (χ0n) is 10.7. The molecule has 2 N–H and O–H groups in total. The lowest BCUT2D eigenvalue weighted by molar-refractivity contribution is -0.120. The number of carbonyl (C=O) groups excluding carboxylic acids is 1. The molecule has 96 valence electrons. The number of nitrogens with one attached hydrogen (secondary N) is 2. The van der Waals surface area contributed by atoms with Gasteiger partial charge in [-0.2, -0.15) is 5.10 Å². The third kappa shape index (κ3) is 4.02. The summed E-state index contributed by atoms with van der Waals surface area (Å²) in [6.07, 6.45) is 0. The van der Waals surface area contributed by atoms with Crippen molar-refractivity contribution in [3.05, 3.63) is 16.4 Å². The Balaban J connectivity index is 2.43. The van der Waals surface area contributed by atoms with Gasteiger partial charge in [-0.1, -0.05) is 11.6 Å². The van der Waals surface area contributed by atoms with Crippen LogP contribution in [0.4, 0.5) is 0 Å². The molecular formula is C11H19ClN4O. The van der Waals surface area contributed by atoms with Gasteiger partial charge in [-0.15, -0.1) is 0 Å². The Kier molecular flexibility index (Phi) is 4.96. The van der Waals surface area contributed by atoms with E-state index in [1.807, 2.05) is 20.8 Å². The Morgan fingerprint density at radius 1 is 1.53 bits per heavy atom. The van der Waals surface area contributed by atoms with Crippen LogP contribution in [-0.2, 0) is 18.4 Å². The van der Waals surface area contributed by atoms with Gasteiger partial charge in [0.1, 0.15) is 5.15 Å². The van der Waals surface area contributed by atoms with Crippen molar-refractivity contribution in [2.45, 2.75) is 33.4 Å². The van der Waals surface area contributed by atoms with Crippen LogP contribution < -0.4 is 10.6 Å². The molecule has 0 saturated heterocycles. The van der Waals surface area contributed by atoms with Crippen LogP contribution in [0, 0.1) is 6.92 Å². The van der Waals surface area contributed by atoms with Crippen LogP contribution >= 0.6 is 11.6 Å². The van der Waals surface area contributed by atoms with Crippen LogP contribution in [0.2, 0.25) is 5.15 Å². The van der Waals surface area contributed by atoms with Gasteiger partial charge in [-0.3, -0.25) is 9.48 Å². The Bertz CT molecular complexity index is 400. The summed E-state index contributed by atoms with van der Waals surface area (Å²) in [5.41, 5.74) is 1.82. The van der Waals surface area contributed by atoms with Gasteiger partial charge in [-0.25, -0.2) is 0 Å². The predicted octanol–water partition coefficient (Wildman–Crippen LogP) is 0.996. The fourth-order valence-corrected chi connectivity index (χ4v) is 1.79. The molecule has 0 bridgehead atoms. The van der Waals surface area contributed by atoms with Crippen LogP contribution in [0.3, 0.4) is 0 Å². The summed E-state index contributed by atoms with van der Waals surface area (Å²) in [5.74, 6) is -0.0161. The molecule has 1 aromatic rings. The Hall–Kier alpha value is -1.07. The molecule has 0 unspecified atom stereocenters. The van der Waals surface area contributed by atoms with Gasteiger partial charge in [0.25, 0.3) is 0 Å². The number of halogens is 1. The number of hydrogen-bond acceptors (Lipinski definition) is 3. The van der Waals surface area contributed by atoms with E-state index in [4.69, 9.17) is 11.6 Å². The number of rotatable bonds is 5. The zero-order chi connectivity index (χ0) is 13.0. The summed E-state index contributed by atoms with van der Waals surface area (Å²) >= 11 is 6.07. The number of aromatic nitrogens is 2. The minimum atomic E-state index is -0.0161. The van der Waals surface area contributed by atoms with Crippen molar-refractivity contribution in [3.63, 3.8) is 0 Å². The van der Waals surface area contributed by atoms with Gasteiger partial charge in [-0.05, 0) is 20.8 Å². The molecule has 0 atom stereocenters. The third-order valence-electron chi connectivity index (χ3n) is 2.31. The molecule has 1 amide bonds. The highest BCUT2D eigenvalue weighted by Gasteiger charge is 2.11. The second-order valence-corrected chi connectivity index (χ2v) is 4.66. The van der Waals surface area contributed by atoms with Crippen molar-refractivity contribution in [2.75, 3.05) is 6.54 Å². The molecule has 0 radical (unpaired) electrons. The highest BCUT2D eigenvalue weighted by Crippen LogP contribution is 2.17. The molecule has 5 nitrogen and oxygen atoms in total. The van der Waals surface area contributed by atoms with E-state index in [1.54, 1.807) is 11.7 Å². The molecule has 0 aromatic carbocycles. The first-order valence-electron chi connectivity index (χ1n) is 5.60. The van der Waals surface area contributed by atoms with Crippen LogP contribution in [-0.4, -0.2) is 28.3 Å². The van der Waals surface area contributed by atoms with Gasteiger partial charge in [0.05, 0.1) is 12.2 Å². The Labute approximate surface area is 107 Å². The zero-order valence-corrected chi connectivity index (χ0v) is 11.4. The second kappa shape index (κ2) is 6.02. The number of carbonyl (C=O) groups is 1. The predicted molar refractivity (Wildman–Crippen MR) is 67.9 cm³/mol. The first-order valence-corrected chi connectivity index (χ1v) is 5.97. The highest BCUT2D eigenvalue weighted by atomic mass is 35.5. The van der Waals surface area contributed by atoms with E-state index in [2.05, 4.69) is 15.7 Å². The molecule has 6 heteroatoms. The van der Waals surface area contributed by atoms with Crippen LogP contribution in [0.15, 0.2) is 0 Å². The van der Waals surface area contributed by atoms with E-state index in [0.29, 0.717) is 11.7 Å². The third-order valence-corrected chi connectivity index (χ3v) is 2.78. The molecule has 1 rings (SSSR count). The van der Waals surface area contributed by atoms with E-state index in [-0.39, 0.29) is 18.5 Å². The van der Waals surface area contributed by atoms with Crippen molar-refractivity contribution >= 4 is 17.5 Å². The van der Waals surface area contributed by atoms with Gasteiger partial charge in [0.2, 0.25) is 5.91 Å². The second-order valence-electron chi connectivity index (χ2n) is 4.30. The maximum absolute atomic E-state index is 11.4. The monoisotopic (exact) mass is 258 g/mol. The van der Waals surface area contributed by atoms with Crippen molar-refractivity contribution in [1.29, 1.82) is 0 Å². The lowest BCUT2D eigenvalue weighted by Gasteiger charge is -2.09. The molecule has 1 aromatic heterocycles. The van der Waals surface area contributed by atoms with Crippen molar-refractivity contribution < 1.29 is 4.79 Å². The topological polar surface area (TPSA) is 59.0 Å². The average molecular weight is 259 g/mol. The first-order chi connectivity index (χ1) is 7.91. The van der Waals surface area contributed by atoms with E-state index >= 15 is 0 Å². The first kappa shape index (κ1) is 14.0. The van der Waals surface area contributed by atoms with E-state index in [1.165, 1.54) is 0 Å². The summed E-state index contributed by atoms with van der Waals surface area (Å²) in [7, 11) is 1.80. The van der Waals surface area contributed by atoms with E-state index in [0.717, 1.165) is 11.3 Å². The fourth-order valence-electron chi connectivity index (χ4n) is 1.55. The molecule has 0 saturated carbocycles. The Morgan fingerprint density at radius 2 is 2.18 bits per heavy atom. The largest absolute Gasteiger partial charge is 0.353 e. The van der Waals surface area contributed by atoms with E-state index in [9.17, 15) is 4.79 Å². The molecule has 0 aliphatic rings. The quantitative estimate of drug-likeness (QED) is 0.828. The standard InChI is InChI=1S/C11H19ClN4O/c1-7(2)14-10(17)6-13-5-9-8(3)15-16(4)11(9)12/h7,13H,5-6H2,1-4H3,(H,14,17). The van der Waals surface area contributed by atoms with Gasteiger partial charge in [0, 0.05) is 25.2 Å². The summed E-state index contributed by atoms with van der Waals surface area (Å²) in [4.78, 5) is 11.4. The number of amides is 1. The van der Waals surface area contributed by atoms with Gasteiger partial charge in [0.15, 0.2) is 0 Å². The molecule has 0 fully saturated rings. The highest BCUT2D eigenvalue weighted by molar-refractivity contribution is 6.30. The SMILES string of the molecule is Cc1nn(C)c(Cl)c1CNCC(=O)NC(C)C. The molecular weight excluding hydrogens is 240 g/mol. The van der Waals surface area contributed by atoms with Crippen molar-refractivity contribution in [3.8, 4) is 0 Å². The summed E-state index contributed by atoms with van der Waals surface area (Å²) in [6.45, 7) is 6.59. The normalized spacial score (nSPS) is 10.9. The number of hydrogen-bond donors (Lipinski definition) is 2. The van der Waals surface area contributed by atoms with Crippen molar-refractivity contribution in [2.24, 2.45) is 7.05 Å². The fraction of sp³-hybridized carbons (Fsp3) is 0.636. The number of aryl methyl sites for hydroxylation is 2. The summed E-state index contributed by atoms with van der Waals surface area (Å²) in [6, 6.07) is 0.160. The summed E-state index contributed by atoms with van der Waals surface area (Å²) in [5, 5.41) is 10.7. The maximum Gasteiger partial charge on any atom is 0.234 e. The summed E-state index contributed by atoms with van der Waals surface area (Å²) < 4.78 is 1.63. The lowest BCUT2D eigenvalue weighted by Crippen LogP contribution is -2.37. The minimum absolute atomic E-state index is 0.0161. The van der Waals surface area contributed by atoms with Gasteiger partial charge < -0.3 is 10.6 Å². The van der Waals surface area contributed by atoms with Crippen LogP contribution in [0.5, 0.6) is 0 Å². The maximum atomic E-state index is 11.4. The molecule has 0 aliphatic heterocycles.